The zero-order chi connectivity index (χ0) is 21.7. The third kappa shape index (κ3) is 4.30. The average Bonchev–Trinajstić information content (AvgIpc) is 2.83. The maximum atomic E-state index is 13.4. The fraction of sp³-hybridized carbons (Fsp3) is 0.600. The lowest BCUT2D eigenvalue weighted by molar-refractivity contribution is -0.0547. The van der Waals surface area contributed by atoms with Crippen LogP contribution in [-0.2, 0) is 18.4 Å². The highest BCUT2D eigenvalue weighted by molar-refractivity contribution is 14.1. The molecule has 13 nitrogen and oxygen atoms in total. The maximum Gasteiger partial charge on any atom is 0.443 e. The summed E-state index contributed by atoms with van der Waals surface area (Å²) < 4.78 is 58.8. The first-order valence-corrected chi connectivity index (χ1v) is 11.3. The lowest BCUT2D eigenvalue weighted by Gasteiger charge is -2.24. The zero-order valence-corrected chi connectivity index (χ0v) is 17.2. The molecule has 1 aromatic rings. The largest absolute Gasteiger partial charge is 0.443 e. The van der Waals surface area contributed by atoms with E-state index in [1.807, 2.05) is 4.98 Å². The van der Waals surface area contributed by atoms with Crippen LogP contribution in [-0.4, -0.2) is 64.8 Å². The van der Waals surface area contributed by atoms with Gasteiger partial charge in [-0.25, -0.2) is 4.79 Å². The van der Waals surface area contributed by atoms with Crippen LogP contribution in [0, 0.1) is 3.57 Å². The molecule has 18 heteroatoms. The monoisotopic (exact) mass is 564 g/mol. The Bertz CT molecular complexity index is 961. The normalized spacial score (nSPS) is 28.3. The van der Waals surface area contributed by atoms with Crippen LogP contribution in [0.5, 0.6) is 0 Å². The van der Waals surface area contributed by atoms with E-state index in [-0.39, 0.29) is 3.57 Å². The molecule has 0 aliphatic carbocycles. The molecule has 1 fully saturated rings. The Labute approximate surface area is 166 Å². The van der Waals surface area contributed by atoms with Crippen LogP contribution in [0.4, 0.5) is 8.78 Å². The Morgan fingerprint density at radius 2 is 1.82 bits per heavy atom. The molecule has 1 aromatic heterocycles. The number of hydrogen-bond acceptors (Lipinski definition) is 8. The quantitative estimate of drug-likeness (QED) is 0.177. The Morgan fingerprint density at radius 3 is 2.36 bits per heavy atom. The van der Waals surface area contributed by atoms with Gasteiger partial charge in [-0.05, 0) is 22.6 Å². The summed E-state index contributed by atoms with van der Waals surface area (Å²) in [4.78, 5) is 51.3. The molecule has 0 spiro atoms. The number of aliphatic hydroxyl groups is 2. The van der Waals surface area contributed by atoms with Crippen molar-refractivity contribution in [3.8, 4) is 0 Å². The zero-order valence-electron chi connectivity index (χ0n) is 13.3. The van der Waals surface area contributed by atoms with Crippen LogP contribution in [0.3, 0.4) is 0 Å². The number of rotatable bonds is 6. The van der Waals surface area contributed by atoms with Gasteiger partial charge in [-0.15, -0.1) is 0 Å². The van der Waals surface area contributed by atoms with E-state index in [9.17, 15) is 42.6 Å². The Morgan fingerprint density at radius 1 is 1.25 bits per heavy atom. The highest BCUT2D eigenvalue weighted by Gasteiger charge is 2.65. The predicted molar refractivity (Wildman–Crippen MR) is 92.7 cm³/mol. The maximum absolute atomic E-state index is 13.4. The van der Waals surface area contributed by atoms with Crippen LogP contribution in [0.15, 0.2) is 15.8 Å². The van der Waals surface area contributed by atoms with Gasteiger partial charge in [0.1, 0.15) is 18.3 Å². The van der Waals surface area contributed by atoms with Gasteiger partial charge in [0.15, 0.2) is 6.23 Å². The first-order valence-electron chi connectivity index (χ1n) is 7.03. The van der Waals surface area contributed by atoms with Crippen LogP contribution in [0.25, 0.3) is 0 Å². The molecule has 1 aliphatic rings. The predicted octanol–water partition coefficient (Wildman–Crippen LogP) is -1.31. The van der Waals surface area contributed by atoms with E-state index >= 15 is 0 Å². The first kappa shape index (κ1) is 23.7. The third-order valence-electron chi connectivity index (χ3n) is 3.64. The van der Waals surface area contributed by atoms with E-state index in [0.29, 0.717) is 4.57 Å². The van der Waals surface area contributed by atoms with E-state index in [4.69, 9.17) is 14.5 Å². The molecule has 2 heterocycles. The molecule has 0 amide bonds. The summed E-state index contributed by atoms with van der Waals surface area (Å²) in [6.07, 6.45) is -6.12. The minimum absolute atomic E-state index is 0.00309. The molecule has 1 unspecified atom stereocenters. The number of hydrogen-bond donors (Lipinski definition) is 6. The first-order chi connectivity index (χ1) is 12.6. The van der Waals surface area contributed by atoms with Crippen LogP contribution in [0.1, 0.15) is 6.23 Å². The van der Waals surface area contributed by atoms with Crippen molar-refractivity contribution < 1.29 is 52.1 Å². The Hall–Kier alpha value is -0.550. The van der Waals surface area contributed by atoms with E-state index in [1.54, 1.807) is 22.6 Å². The molecule has 6 N–H and O–H groups in total. The number of aromatic nitrogens is 2. The minimum atomic E-state index is -6.36. The molecule has 1 aliphatic heterocycles. The summed E-state index contributed by atoms with van der Waals surface area (Å²) in [5, 5.41) is 14.5. The van der Waals surface area contributed by atoms with Gasteiger partial charge in [0.05, 0.1) is 10.2 Å². The highest BCUT2D eigenvalue weighted by Crippen LogP contribution is 2.73. The van der Waals surface area contributed by atoms with Gasteiger partial charge in [0, 0.05) is 6.20 Å². The van der Waals surface area contributed by atoms with Crippen molar-refractivity contribution in [2.24, 2.45) is 0 Å². The van der Waals surface area contributed by atoms with Crippen molar-refractivity contribution in [1.29, 1.82) is 0 Å². The molecule has 2 rings (SSSR count). The lowest BCUT2D eigenvalue weighted by atomic mass is 10.1. The van der Waals surface area contributed by atoms with Crippen molar-refractivity contribution in [2.75, 3.05) is 6.61 Å². The van der Waals surface area contributed by atoms with E-state index in [1.165, 1.54) is 0 Å². The van der Waals surface area contributed by atoms with Gasteiger partial charge >= 0.3 is 26.3 Å². The topological polar surface area (TPSA) is 209 Å². The molecule has 0 radical (unpaired) electrons. The molecular weight excluding hydrogens is 551 g/mol. The van der Waals surface area contributed by atoms with Crippen molar-refractivity contribution in [3.63, 3.8) is 0 Å². The summed E-state index contributed by atoms with van der Waals surface area (Å²) in [6.45, 7) is -1.28. The van der Waals surface area contributed by atoms with Crippen molar-refractivity contribution in [2.45, 2.75) is 29.9 Å². The highest BCUT2D eigenvalue weighted by atomic mass is 127. The number of nitrogens with one attached hydrogen (secondary N) is 1. The number of nitrogens with zero attached hydrogens (tertiary/aromatic N) is 1. The Balaban J connectivity index is 2.21. The molecule has 28 heavy (non-hydrogen) atoms. The van der Waals surface area contributed by atoms with Crippen molar-refractivity contribution in [3.05, 3.63) is 30.6 Å². The number of H-pyrrole nitrogens is 1. The molecule has 0 bridgehead atoms. The minimum Gasteiger partial charge on any atom is -0.387 e. The van der Waals surface area contributed by atoms with Gasteiger partial charge < -0.3 is 34.2 Å². The van der Waals surface area contributed by atoms with E-state index in [0.717, 1.165) is 6.20 Å². The molecule has 0 saturated carbocycles. The average molecular weight is 564 g/mol. The summed E-state index contributed by atoms with van der Waals surface area (Å²) in [6, 6.07) is 0. The number of halogens is 3. The number of ether oxygens (including phenoxy) is 1. The molecule has 0 aromatic carbocycles. The molecule has 1 saturated heterocycles. The smallest absolute Gasteiger partial charge is 0.387 e. The van der Waals surface area contributed by atoms with Gasteiger partial charge in [-0.3, -0.25) is 23.5 Å². The number of alkyl halides is 2. The lowest BCUT2D eigenvalue weighted by Crippen LogP contribution is -2.38. The second-order valence-corrected chi connectivity index (χ2v) is 10.6. The summed E-state index contributed by atoms with van der Waals surface area (Å²) in [5.41, 5.74) is -1.78. The third-order valence-corrected chi connectivity index (χ3v) is 7.83. The van der Waals surface area contributed by atoms with Crippen molar-refractivity contribution in [1.82, 2.24) is 9.55 Å². The second-order valence-electron chi connectivity index (χ2n) is 5.56. The van der Waals surface area contributed by atoms with Crippen LogP contribution >= 0.6 is 37.8 Å². The summed E-state index contributed by atoms with van der Waals surface area (Å²) in [7, 11) is -12.6. The fourth-order valence-corrected chi connectivity index (χ4v) is 4.59. The van der Waals surface area contributed by atoms with Crippen molar-refractivity contribution >= 4 is 37.8 Å². The van der Waals surface area contributed by atoms with Gasteiger partial charge in [-0.1, -0.05) is 0 Å². The molecule has 160 valence electrons. The van der Waals surface area contributed by atoms with E-state index < -0.39 is 63.0 Å². The SMILES string of the molecule is O=c1[nH]c(=O)n([C@@H]2O[C@H](COP(=O)(O)C(F)(F)P(=O)(O)O)[C@@H](O)[C@H]2O)cc1I. The second kappa shape index (κ2) is 7.94. The number of aromatic amines is 1. The van der Waals surface area contributed by atoms with Gasteiger partial charge in [-0.2, -0.15) is 8.78 Å². The Kier molecular flexibility index (Phi) is 6.73. The van der Waals surface area contributed by atoms with Crippen LogP contribution in [0.2, 0.25) is 0 Å². The van der Waals surface area contributed by atoms with Crippen LogP contribution < -0.4 is 11.2 Å². The molecular formula is C10H13F2IN2O11P2. The van der Waals surface area contributed by atoms with Gasteiger partial charge in [0.25, 0.3) is 5.56 Å². The van der Waals surface area contributed by atoms with E-state index in [2.05, 4.69) is 4.52 Å². The fourth-order valence-electron chi connectivity index (χ4n) is 2.16. The summed E-state index contributed by atoms with van der Waals surface area (Å²) >= 11 is 1.56. The van der Waals surface area contributed by atoms with Gasteiger partial charge in [0.2, 0.25) is 0 Å². The number of aliphatic hydroxyl groups excluding tert-OH is 2. The standard InChI is InChI=1S/C10H13F2IN2O11P2/c11-10(12,27(20,21)22)28(23,24)25-2-4-5(16)6(17)8(26-4)15-1-3(13)7(18)14-9(15)19/h1,4-6,8,16-17H,2H2,(H,23,24)(H,14,18,19)(H2,20,21,22)/t4-,5-,6-,8-/m1/s1. The summed E-state index contributed by atoms with van der Waals surface area (Å²) in [5.74, 6) is 0. The molecule has 5 atom stereocenters.